The highest BCUT2D eigenvalue weighted by atomic mass is 35.5. The van der Waals surface area contributed by atoms with Gasteiger partial charge in [0.2, 0.25) is 5.91 Å². The van der Waals surface area contributed by atoms with Crippen LogP contribution >= 0.6 is 11.6 Å². The van der Waals surface area contributed by atoms with Gasteiger partial charge < -0.3 is 9.42 Å². The average Bonchev–Trinajstić information content (AvgIpc) is 2.85. The van der Waals surface area contributed by atoms with Crippen molar-refractivity contribution in [1.29, 1.82) is 0 Å². The molecule has 1 aromatic heterocycles. The molecule has 0 bridgehead atoms. The number of benzene rings is 1. The number of amides is 1. The van der Waals surface area contributed by atoms with Crippen molar-refractivity contribution in [3.8, 4) is 0 Å². The van der Waals surface area contributed by atoms with E-state index in [1.807, 2.05) is 0 Å². The zero-order chi connectivity index (χ0) is 17.1. The molecule has 0 aliphatic heterocycles. The van der Waals surface area contributed by atoms with Gasteiger partial charge in [0.1, 0.15) is 11.4 Å². The summed E-state index contributed by atoms with van der Waals surface area (Å²) in [5, 5.41) is 4.41. The molecule has 1 atom stereocenters. The van der Waals surface area contributed by atoms with E-state index in [0.717, 1.165) is 0 Å². The van der Waals surface area contributed by atoms with Crippen LogP contribution in [0.1, 0.15) is 35.2 Å². The average molecular weight is 335 g/mol. The smallest absolute Gasteiger partial charge is 0.227 e. The topological polar surface area (TPSA) is 63.4 Å². The van der Waals surface area contributed by atoms with Gasteiger partial charge in [-0.3, -0.25) is 9.59 Å². The predicted molar refractivity (Wildman–Crippen MR) is 89.0 cm³/mol. The summed E-state index contributed by atoms with van der Waals surface area (Å²) in [4.78, 5) is 26.3. The molecule has 122 valence electrons. The number of Topliss-reactive ketones (excluding diaryl/α,β-unsaturated/α-hetero) is 1. The minimum absolute atomic E-state index is 0.0813. The molecule has 23 heavy (non-hydrogen) atoms. The maximum Gasteiger partial charge on any atom is 0.227 e. The molecule has 2 aromatic rings. The molecule has 0 spiro atoms. The van der Waals surface area contributed by atoms with Gasteiger partial charge in [-0.15, -0.1) is 0 Å². The number of carbonyl (C=O) groups excluding carboxylic acids is 2. The third-order valence-electron chi connectivity index (χ3n) is 3.76. The quantitative estimate of drug-likeness (QED) is 0.780. The van der Waals surface area contributed by atoms with E-state index in [2.05, 4.69) is 5.16 Å². The maximum atomic E-state index is 12.4. The van der Waals surface area contributed by atoms with Crippen LogP contribution in [-0.2, 0) is 4.79 Å². The molecule has 5 nitrogen and oxygen atoms in total. The summed E-state index contributed by atoms with van der Waals surface area (Å²) in [5.74, 6) is -0.0852. The maximum absolute atomic E-state index is 12.4. The van der Waals surface area contributed by atoms with Crippen LogP contribution in [0.2, 0.25) is 5.02 Å². The Hall–Kier alpha value is -2.14. The van der Waals surface area contributed by atoms with E-state index in [1.54, 1.807) is 52.1 Å². The molecule has 0 aliphatic rings. The van der Waals surface area contributed by atoms with Crippen LogP contribution in [-0.4, -0.2) is 23.9 Å². The molecule has 0 unspecified atom stereocenters. The Kier molecular flexibility index (Phi) is 5.21. The number of hydrogen-bond donors (Lipinski definition) is 0. The minimum Gasteiger partial charge on any atom is -0.359 e. The number of nitrogens with zero attached hydrogens (tertiary/aromatic N) is 2. The standard InChI is InChI=1S/C17H19ClN2O3/c1-10(17(22)13-5-7-14(18)8-6-13)9-15(21)20(4)16-11(2)19-23-12(16)3/h5-8,10H,9H2,1-4H3/t10-/m0/s1. The fourth-order valence-electron chi connectivity index (χ4n) is 2.47. The lowest BCUT2D eigenvalue weighted by molar-refractivity contribution is -0.118. The van der Waals surface area contributed by atoms with E-state index in [4.69, 9.17) is 16.1 Å². The first-order valence-electron chi connectivity index (χ1n) is 7.30. The molecule has 1 aromatic carbocycles. The first kappa shape index (κ1) is 17.2. The van der Waals surface area contributed by atoms with Crippen molar-refractivity contribution in [3.05, 3.63) is 46.3 Å². The van der Waals surface area contributed by atoms with Crippen molar-refractivity contribution in [3.63, 3.8) is 0 Å². The first-order chi connectivity index (χ1) is 10.8. The van der Waals surface area contributed by atoms with Crippen molar-refractivity contribution < 1.29 is 14.1 Å². The summed E-state index contributed by atoms with van der Waals surface area (Å²) in [6, 6.07) is 6.67. The fraction of sp³-hybridized carbons (Fsp3) is 0.353. The van der Waals surface area contributed by atoms with Gasteiger partial charge in [-0.2, -0.15) is 0 Å². The molecule has 0 saturated heterocycles. The van der Waals surface area contributed by atoms with Gasteiger partial charge in [-0.25, -0.2) is 0 Å². The molecule has 1 amide bonds. The summed E-state index contributed by atoms with van der Waals surface area (Å²) < 4.78 is 5.08. The SMILES string of the molecule is Cc1noc(C)c1N(C)C(=O)C[C@H](C)C(=O)c1ccc(Cl)cc1. The highest BCUT2D eigenvalue weighted by Gasteiger charge is 2.24. The molecule has 0 N–H and O–H groups in total. The lowest BCUT2D eigenvalue weighted by Crippen LogP contribution is -2.30. The predicted octanol–water partition coefficient (Wildman–Crippen LogP) is 3.82. The Bertz CT molecular complexity index is 702. The Balaban J connectivity index is 2.07. The van der Waals surface area contributed by atoms with E-state index >= 15 is 0 Å². The molecule has 0 radical (unpaired) electrons. The van der Waals surface area contributed by atoms with Gasteiger partial charge in [0, 0.05) is 30.0 Å². The summed E-state index contributed by atoms with van der Waals surface area (Å²) in [5.41, 5.74) is 1.85. The summed E-state index contributed by atoms with van der Waals surface area (Å²) in [6.07, 6.45) is 0.113. The molecule has 0 saturated carbocycles. The van der Waals surface area contributed by atoms with Crippen LogP contribution in [0.15, 0.2) is 28.8 Å². The van der Waals surface area contributed by atoms with Crippen LogP contribution in [0.3, 0.4) is 0 Å². The van der Waals surface area contributed by atoms with Gasteiger partial charge in [0.15, 0.2) is 11.5 Å². The van der Waals surface area contributed by atoms with Crippen molar-refractivity contribution >= 4 is 29.0 Å². The Morgan fingerprint density at radius 3 is 2.39 bits per heavy atom. The van der Waals surface area contributed by atoms with Crippen molar-refractivity contribution in [2.45, 2.75) is 27.2 Å². The summed E-state index contributed by atoms with van der Waals surface area (Å²) in [6.45, 7) is 5.27. The zero-order valence-corrected chi connectivity index (χ0v) is 14.3. The molecule has 0 fully saturated rings. The third-order valence-corrected chi connectivity index (χ3v) is 4.01. The highest BCUT2D eigenvalue weighted by molar-refractivity contribution is 6.30. The van der Waals surface area contributed by atoms with Gasteiger partial charge >= 0.3 is 0 Å². The number of rotatable bonds is 5. The molecule has 1 heterocycles. The largest absolute Gasteiger partial charge is 0.359 e. The van der Waals surface area contributed by atoms with Crippen molar-refractivity contribution in [2.24, 2.45) is 5.92 Å². The Labute approximate surface area is 140 Å². The second kappa shape index (κ2) is 6.96. The number of hydrogen-bond acceptors (Lipinski definition) is 4. The monoisotopic (exact) mass is 334 g/mol. The van der Waals surface area contributed by atoms with Gasteiger partial charge in [-0.05, 0) is 38.1 Å². The van der Waals surface area contributed by atoms with Crippen molar-refractivity contribution in [2.75, 3.05) is 11.9 Å². The normalized spacial score (nSPS) is 12.0. The van der Waals surface area contributed by atoms with Gasteiger partial charge in [0.05, 0.1) is 0 Å². The van der Waals surface area contributed by atoms with Crippen LogP contribution in [0.4, 0.5) is 5.69 Å². The van der Waals surface area contributed by atoms with E-state index < -0.39 is 5.92 Å². The van der Waals surface area contributed by atoms with E-state index in [9.17, 15) is 9.59 Å². The van der Waals surface area contributed by atoms with Crippen LogP contribution < -0.4 is 4.90 Å². The second-order valence-electron chi connectivity index (χ2n) is 5.60. The summed E-state index contributed by atoms with van der Waals surface area (Å²) in [7, 11) is 1.66. The van der Waals surface area contributed by atoms with Crippen molar-refractivity contribution in [1.82, 2.24) is 5.16 Å². The van der Waals surface area contributed by atoms with Gasteiger partial charge in [-0.1, -0.05) is 23.7 Å². The second-order valence-corrected chi connectivity index (χ2v) is 6.04. The number of halogens is 1. The first-order valence-corrected chi connectivity index (χ1v) is 7.68. The van der Waals surface area contributed by atoms with E-state index in [0.29, 0.717) is 27.7 Å². The third kappa shape index (κ3) is 3.79. The fourth-order valence-corrected chi connectivity index (χ4v) is 2.60. The lowest BCUT2D eigenvalue weighted by Gasteiger charge is -2.19. The molecule has 2 rings (SSSR count). The van der Waals surface area contributed by atoms with E-state index in [-0.39, 0.29) is 18.1 Å². The summed E-state index contributed by atoms with van der Waals surface area (Å²) >= 11 is 5.82. The van der Waals surface area contributed by atoms with Crippen LogP contribution in [0.5, 0.6) is 0 Å². The number of carbonyl (C=O) groups is 2. The molecular formula is C17H19ClN2O3. The zero-order valence-electron chi connectivity index (χ0n) is 13.6. The minimum atomic E-state index is -0.424. The highest BCUT2D eigenvalue weighted by Crippen LogP contribution is 2.24. The molecule has 6 heteroatoms. The molecular weight excluding hydrogens is 316 g/mol. The van der Waals surface area contributed by atoms with Crippen LogP contribution in [0.25, 0.3) is 0 Å². The van der Waals surface area contributed by atoms with Gasteiger partial charge in [0.25, 0.3) is 0 Å². The number of anilines is 1. The number of aromatic nitrogens is 1. The van der Waals surface area contributed by atoms with E-state index in [1.165, 1.54) is 4.90 Å². The number of aryl methyl sites for hydroxylation is 2. The Morgan fingerprint density at radius 1 is 1.26 bits per heavy atom. The lowest BCUT2D eigenvalue weighted by atomic mass is 9.96. The number of ketones is 1. The molecule has 0 aliphatic carbocycles. The van der Waals surface area contributed by atoms with Crippen LogP contribution in [0, 0.1) is 19.8 Å². The Morgan fingerprint density at radius 2 is 1.87 bits per heavy atom.